The van der Waals surface area contributed by atoms with E-state index >= 15 is 0 Å². The summed E-state index contributed by atoms with van der Waals surface area (Å²) >= 11 is 0. The predicted molar refractivity (Wildman–Crippen MR) is 115 cm³/mol. The molecule has 0 atom stereocenters. The van der Waals surface area contributed by atoms with Crippen LogP contribution >= 0.6 is 0 Å². The molecule has 1 N–H and O–H groups in total. The van der Waals surface area contributed by atoms with Crippen molar-refractivity contribution in [2.24, 2.45) is 0 Å². The summed E-state index contributed by atoms with van der Waals surface area (Å²) in [6.07, 6.45) is 1.88. The van der Waals surface area contributed by atoms with Crippen molar-refractivity contribution < 1.29 is 22.7 Å². The maximum atomic E-state index is 13.2. The Morgan fingerprint density at radius 2 is 1.74 bits per heavy atom. The third-order valence-corrected chi connectivity index (χ3v) is 7.91. The number of benzene rings is 2. The van der Waals surface area contributed by atoms with Crippen molar-refractivity contribution in [2.75, 3.05) is 38.3 Å². The van der Waals surface area contributed by atoms with Crippen LogP contribution < -0.4 is 14.8 Å². The van der Waals surface area contributed by atoms with Crippen molar-refractivity contribution in [3.63, 3.8) is 0 Å². The van der Waals surface area contributed by atoms with E-state index in [9.17, 15) is 13.2 Å². The zero-order valence-electron chi connectivity index (χ0n) is 17.2. The van der Waals surface area contributed by atoms with Gasteiger partial charge in [-0.2, -0.15) is 4.31 Å². The van der Waals surface area contributed by atoms with E-state index in [0.717, 1.165) is 41.3 Å². The molecule has 2 aromatic rings. The van der Waals surface area contributed by atoms with Gasteiger partial charge in [-0.05, 0) is 54.3 Å². The molecule has 2 aromatic carbocycles. The molecule has 0 aromatic heterocycles. The van der Waals surface area contributed by atoms with Gasteiger partial charge in [0.25, 0.3) is 0 Å². The Morgan fingerprint density at radius 1 is 0.935 bits per heavy atom. The Morgan fingerprint density at radius 3 is 2.58 bits per heavy atom. The summed E-state index contributed by atoms with van der Waals surface area (Å²) < 4.78 is 38.8. The van der Waals surface area contributed by atoms with E-state index in [1.54, 1.807) is 22.5 Å². The number of nitrogens with one attached hydrogen (secondary N) is 1. The van der Waals surface area contributed by atoms with Crippen molar-refractivity contribution in [3.8, 4) is 11.5 Å². The maximum absolute atomic E-state index is 13.2. The van der Waals surface area contributed by atoms with Crippen LogP contribution in [-0.4, -0.2) is 56.5 Å². The number of hydrogen-bond acceptors (Lipinski definition) is 6. The fourth-order valence-electron chi connectivity index (χ4n) is 4.29. The Balaban J connectivity index is 1.24. The predicted octanol–water partition coefficient (Wildman–Crippen LogP) is 2.20. The topological polar surface area (TPSA) is 88.2 Å². The quantitative estimate of drug-likeness (QED) is 0.780. The molecule has 5 rings (SSSR count). The number of carbonyl (C=O) groups is 1. The lowest BCUT2D eigenvalue weighted by Gasteiger charge is -2.34. The third-order valence-electron chi connectivity index (χ3n) is 6.01. The summed E-state index contributed by atoms with van der Waals surface area (Å²) in [6.45, 7) is 3.21. The molecule has 31 heavy (non-hydrogen) atoms. The molecule has 8 nitrogen and oxygen atoms in total. The number of anilines is 1. The molecule has 3 aliphatic rings. The normalized spacial score (nSPS) is 19.5. The molecule has 1 amide bonds. The van der Waals surface area contributed by atoms with E-state index in [4.69, 9.17) is 9.47 Å². The van der Waals surface area contributed by atoms with Crippen molar-refractivity contribution in [1.29, 1.82) is 0 Å². The van der Waals surface area contributed by atoms with E-state index in [2.05, 4.69) is 10.2 Å². The minimum atomic E-state index is -3.57. The van der Waals surface area contributed by atoms with Gasteiger partial charge in [0.2, 0.25) is 22.7 Å². The van der Waals surface area contributed by atoms with Crippen LogP contribution in [0.2, 0.25) is 0 Å². The molecule has 0 aliphatic carbocycles. The largest absolute Gasteiger partial charge is 0.454 e. The van der Waals surface area contributed by atoms with Gasteiger partial charge in [-0.1, -0.05) is 6.07 Å². The van der Waals surface area contributed by atoms with Gasteiger partial charge in [0.1, 0.15) is 0 Å². The van der Waals surface area contributed by atoms with Crippen LogP contribution in [0.5, 0.6) is 11.5 Å². The van der Waals surface area contributed by atoms with Crippen LogP contribution in [-0.2, 0) is 27.8 Å². The van der Waals surface area contributed by atoms with E-state index in [0.29, 0.717) is 43.9 Å². The number of fused-ring (bicyclic) bond motifs is 2. The number of ether oxygens (including phenoxy) is 2. The molecule has 0 spiro atoms. The number of sulfonamides is 1. The average Bonchev–Trinajstić information content (AvgIpc) is 3.14. The monoisotopic (exact) mass is 443 g/mol. The lowest BCUT2D eigenvalue weighted by atomic mass is 10.1. The molecule has 1 saturated heterocycles. The summed E-state index contributed by atoms with van der Waals surface area (Å²) in [4.78, 5) is 14.3. The Kier molecular flexibility index (Phi) is 5.33. The van der Waals surface area contributed by atoms with Crippen LogP contribution in [0.1, 0.15) is 24.0 Å². The van der Waals surface area contributed by atoms with Gasteiger partial charge in [-0.3, -0.25) is 9.69 Å². The Bertz CT molecular complexity index is 1110. The molecule has 164 valence electrons. The summed E-state index contributed by atoms with van der Waals surface area (Å²) in [7, 11) is -3.57. The second-order valence-electron chi connectivity index (χ2n) is 8.09. The van der Waals surface area contributed by atoms with Gasteiger partial charge in [-0.25, -0.2) is 8.42 Å². The first-order valence-electron chi connectivity index (χ1n) is 10.5. The summed E-state index contributed by atoms with van der Waals surface area (Å²) in [5.41, 5.74) is 2.72. The molecule has 0 saturated carbocycles. The highest BCUT2D eigenvalue weighted by molar-refractivity contribution is 7.89. The van der Waals surface area contributed by atoms with Crippen molar-refractivity contribution in [3.05, 3.63) is 47.5 Å². The Labute approximate surface area is 181 Å². The van der Waals surface area contributed by atoms with Crippen LogP contribution in [0.3, 0.4) is 0 Å². The fourth-order valence-corrected chi connectivity index (χ4v) is 5.76. The summed E-state index contributed by atoms with van der Waals surface area (Å²) in [5.74, 6) is 1.51. The second kappa shape index (κ2) is 8.14. The van der Waals surface area contributed by atoms with Gasteiger partial charge in [-0.15, -0.1) is 0 Å². The smallest absolute Gasteiger partial charge is 0.243 e. The van der Waals surface area contributed by atoms with Crippen LogP contribution in [0.25, 0.3) is 0 Å². The van der Waals surface area contributed by atoms with Crippen LogP contribution in [0.15, 0.2) is 41.3 Å². The summed E-state index contributed by atoms with van der Waals surface area (Å²) in [6, 6.07) is 10.9. The molecule has 0 unspecified atom stereocenters. The number of nitrogens with zero attached hydrogens (tertiary/aromatic N) is 2. The molecular formula is C22H25N3O5S. The molecule has 0 radical (unpaired) electrons. The van der Waals surface area contributed by atoms with E-state index < -0.39 is 10.0 Å². The number of aryl methyl sites for hydroxylation is 1. The molecule has 0 bridgehead atoms. The molecule has 3 aliphatic heterocycles. The van der Waals surface area contributed by atoms with E-state index in [1.165, 1.54) is 0 Å². The zero-order chi connectivity index (χ0) is 21.4. The first-order chi connectivity index (χ1) is 15.0. The number of piperazine rings is 1. The molecule has 1 fully saturated rings. The van der Waals surface area contributed by atoms with Crippen molar-refractivity contribution >= 4 is 21.6 Å². The third kappa shape index (κ3) is 4.13. The second-order valence-corrected chi connectivity index (χ2v) is 10.0. The van der Waals surface area contributed by atoms with Gasteiger partial charge < -0.3 is 14.8 Å². The van der Waals surface area contributed by atoms with Crippen molar-refractivity contribution in [1.82, 2.24) is 9.21 Å². The molecular weight excluding hydrogens is 418 g/mol. The highest BCUT2D eigenvalue weighted by Gasteiger charge is 2.29. The first kappa shape index (κ1) is 20.3. The highest BCUT2D eigenvalue weighted by Crippen LogP contribution is 2.33. The average molecular weight is 444 g/mol. The number of hydrogen-bond donors (Lipinski definition) is 1. The van der Waals surface area contributed by atoms with Gasteiger partial charge in [0, 0.05) is 44.8 Å². The van der Waals surface area contributed by atoms with Gasteiger partial charge in [0.05, 0.1) is 4.90 Å². The van der Waals surface area contributed by atoms with Gasteiger partial charge in [0.15, 0.2) is 11.5 Å². The van der Waals surface area contributed by atoms with Crippen LogP contribution in [0.4, 0.5) is 5.69 Å². The molecule has 9 heteroatoms. The van der Waals surface area contributed by atoms with Gasteiger partial charge >= 0.3 is 0 Å². The number of carbonyl (C=O) groups excluding carboxylic acids is 1. The number of rotatable bonds is 4. The highest BCUT2D eigenvalue weighted by atomic mass is 32.2. The standard InChI is InChI=1S/C22H25N3O5S/c26-22-3-1-2-17-13-18(5-6-19(17)23-22)31(27,28)25-10-8-24(9-11-25)14-16-4-7-20-21(12-16)30-15-29-20/h4-7,12-13H,1-3,8-11,14-15H2,(H,23,26). The SMILES string of the molecule is O=C1CCCc2cc(S(=O)(=O)N3CCN(Cc4ccc5c(c4)OCO5)CC3)ccc2N1. The van der Waals surface area contributed by atoms with Crippen molar-refractivity contribution in [2.45, 2.75) is 30.7 Å². The fraction of sp³-hybridized carbons (Fsp3) is 0.409. The molecule has 3 heterocycles. The minimum Gasteiger partial charge on any atom is -0.454 e. The minimum absolute atomic E-state index is 0.0204. The zero-order valence-corrected chi connectivity index (χ0v) is 18.0. The van der Waals surface area contributed by atoms with Crippen LogP contribution in [0, 0.1) is 0 Å². The Hall–Kier alpha value is -2.62. The van der Waals surface area contributed by atoms with E-state index in [1.807, 2.05) is 18.2 Å². The summed E-state index contributed by atoms with van der Waals surface area (Å²) in [5, 5.41) is 2.85. The maximum Gasteiger partial charge on any atom is 0.243 e. The lowest BCUT2D eigenvalue weighted by Crippen LogP contribution is -2.48. The lowest BCUT2D eigenvalue weighted by molar-refractivity contribution is -0.116. The first-order valence-corrected chi connectivity index (χ1v) is 12.0. The number of amides is 1. The van der Waals surface area contributed by atoms with E-state index in [-0.39, 0.29) is 12.7 Å².